The molecule has 0 saturated heterocycles. The molecule has 1 aromatic heterocycles. The zero-order chi connectivity index (χ0) is 14.1. The number of pyridine rings is 1. The molecule has 0 fully saturated rings. The lowest BCUT2D eigenvalue weighted by atomic mass is 10.1. The number of alkyl halides is 5. The Morgan fingerprint density at radius 3 is 2.33 bits per heavy atom. The number of nitrogens with zero attached hydrogens (tertiary/aromatic N) is 1. The van der Waals surface area contributed by atoms with Gasteiger partial charge in [-0.1, -0.05) is 0 Å². The van der Waals surface area contributed by atoms with Crippen molar-refractivity contribution in [3.8, 4) is 5.75 Å². The van der Waals surface area contributed by atoms with Gasteiger partial charge in [0.05, 0.1) is 12.7 Å². The van der Waals surface area contributed by atoms with E-state index in [0.29, 0.717) is 0 Å². The van der Waals surface area contributed by atoms with E-state index in [1.54, 1.807) is 0 Å². The SMILES string of the molecule is COc1cc(C(F)(F)F)c(C(F)F)nc1C(=O)O. The first-order valence-corrected chi connectivity index (χ1v) is 4.36. The maximum Gasteiger partial charge on any atom is 0.418 e. The van der Waals surface area contributed by atoms with E-state index in [4.69, 9.17) is 5.11 Å². The molecular formula is C9H6F5NO3. The molecule has 0 aliphatic rings. The Morgan fingerprint density at radius 1 is 1.44 bits per heavy atom. The molecule has 0 aliphatic carbocycles. The Hall–Kier alpha value is -1.93. The van der Waals surface area contributed by atoms with E-state index in [-0.39, 0.29) is 6.07 Å². The minimum atomic E-state index is -5.08. The van der Waals surface area contributed by atoms with Gasteiger partial charge in [-0.25, -0.2) is 18.6 Å². The average Bonchev–Trinajstić information content (AvgIpc) is 2.25. The van der Waals surface area contributed by atoms with Gasteiger partial charge in [-0.15, -0.1) is 0 Å². The van der Waals surface area contributed by atoms with Crippen molar-refractivity contribution >= 4 is 5.97 Å². The number of hydrogen-bond acceptors (Lipinski definition) is 3. The van der Waals surface area contributed by atoms with Crippen LogP contribution in [0.3, 0.4) is 0 Å². The predicted molar refractivity (Wildman–Crippen MR) is 47.7 cm³/mol. The number of hydrogen-bond donors (Lipinski definition) is 1. The van der Waals surface area contributed by atoms with Gasteiger partial charge >= 0.3 is 12.1 Å². The topological polar surface area (TPSA) is 59.4 Å². The van der Waals surface area contributed by atoms with Crippen LogP contribution in [0, 0.1) is 0 Å². The van der Waals surface area contributed by atoms with Gasteiger partial charge in [-0.3, -0.25) is 0 Å². The van der Waals surface area contributed by atoms with Crippen LogP contribution in [0.5, 0.6) is 5.75 Å². The van der Waals surface area contributed by atoms with E-state index in [1.807, 2.05) is 0 Å². The van der Waals surface area contributed by atoms with Crippen molar-refractivity contribution in [2.24, 2.45) is 0 Å². The van der Waals surface area contributed by atoms with E-state index < -0.39 is 41.3 Å². The number of rotatable bonds is 3. The van der Waals surface area contributed by atoms with Crippen molar-refractivity contribution in [3.63, 3.8) is 0 Å². The van der Waals surface area contributed by atoms with Crippen LogP contribution in [-0.2, 0) is 6.18 Å². The predicted octanol–water partition coefficient (Wildman–Crippen LogP) is 2.74. The number of aromatic carboxylic acids is 1. The Bertz CT molecular complexity index is 472. The molecule has 0 saturated carbocycles. The van der Waals surface area contributed by atoms with Crippen LogP contribution in [0.25, 0.3) is 0 Å². The highest BCUT2D eigenvalue weighted by atomic mass is 19.4. The molecule has 0 aliphatic heterocycles. The molecule has 1 heterocycles. The third-order valence-electron chi connectivity index (χ3n) is 1.95. The van der Waals surface area contributed by atoms with Gasteiger partial charge in [0.2, 0.25) is 0 Å². The summed E-state index contributed by atoms with van der Waals surface area (Å²) >= 11 is 0. The van der Waals surface area contributed by atoms with Crippen LogP contribution in [0.2, 0.25) is 0 Å². The van der Waals surface area contributed by atoms with Gasteiger partial charge in [0.25, 0.3) is 6.43 Å². The van der Waals surface area contributed by atoms with Crippen LogP contribution in [0.4, 0.5) is 22.0 Å². The third kappa shape index (κ3) is 2.66. The lowest BCUT2D eigenvalue weighted by molar-refractivity contribution is -0.140. The number of methoxy groups -OCH3 is 1. The molecule has 1 aromatic rings. The van der Waals surface area contributed by atoms with Crippen LogP contribution in [0.1, 0.15) is 28.2 Å². The summed E-state index contributed by atoms with van der Waals surface area (Å²) in [6, 6.07) is 0.192. The highest BCUT2D eigenvalue weighted by molar-refractivity contribution is 5.88. The van der Waals surface area contributed by atoms with Gasteiger partial charge in [0.15, 0.2) is 11.4 Å². The molecule has 0 amide bonds. The van der Waals surface area contributed by atoms with Crippen LogP contribution in [-0.4, -0.2) is 23.2 Å². The molecular weight excluding hydrogens is 265 g/mol. The van der Waals surface area contributed by atoms with Gasteiger partial charge in [-0.05, 0) is 6.07 Å². The molecule has 4 nitrogen and oxygen atoms in total. The fraction of sp³-hybridized carbons (Fsp3) is 0.333. The van der Waals surface area contributed by atoms with Crippen molar-refractivity contribution in [2.45, 2.75) is 12.6 Å². The highest BCUT2D eigenvalue weighted by Gasteiger charge is 2.38. The summed E-state index contributed by atoms with van der Waals surface area (Å²) in [5.41, 5.74) is -4.36. The fourth-order valence-corrected chi connectivity index (χ4v) is 1.21. The summed E-state index contributed by atoms with van der Waals surface area (Å²) in [7, 11) is 0.908. The van der Waals surface area contributed by atoms with E-state index in [0.717, 1.165) is 7.11 Å². The summed E-state index contributed by atoms with van der Waals surface area (Å²) in [6.07, 6.45) is -8.63. The molecule has 100 valence electrons. The number of carboxylic acid groups (broad SMARTS) is 1. The van der Waals surface area contributed by atoms with Crippen LogP contribution in [0.15, 0.2) is 6.07 Å². The van der Waals surface area contributed by atoms with Gasteiger partial charge in [-0.2, -0.15) is 13.2 Å². The minimum Gasteiger partial charge on any atom is -0.494 e. The molecule has 0 bridgehead atoms. The summed E-state index contributed by atoms with van der Waals surface area (Å²) in [4.78, 5) is 13.5. The smallest absolute Gasteiger partial charge is 0.418 e. The van der Waals surface area contributed by atoms with E-state index in [9.17, 15) is 26.7 Å². The monoisotopic (exact) mass is 271 g/mol. The molecule has 18 heavy (non-hydrogen) atoms. The third-order valence-corrected chi connectivity index (χ3v) is 1.95. The molecule has 1 N–H and O–H groups in total. The molecule has 0 aromatic carbocycles. The summed E-state index contributed by atoms with van der Waals surface area (Å²) < 4.78 is 66.7. The van der Waals surface area contributed by atoms with Crippen molar-refractivity contribution in [1.82, 2.24) is 4.98 Å². The minimum absolute atomic E-state index is 0.192. The first-order chi connectivity index (χ1) is 8.18. The number of aromatic nitrogens is 1. The van der Waals surface area contributed by atoms with E-state index in [1.165, 1.54) is 0 Å². The molecule has 0 radical (unpaired) electrons. The largest absolute Gasteiger partial charge is 0.494 e. The second kappa shape index (κ2) is 4.75. The van der Waals surface area contributed by atoms with Crippen LogP contribution < -0.4 is 4.74 Å². The highest BCUT2D eigenvalue weighted by Crippen LogP contribution is 2.38. The lowest BCUT2D eigenvalue weighted by Gasteiger charge is -2.14. The molecule has 0 unspecified atom stereocenters. The van der Waals surface area contributed by atoms with Crippen molar-refractivity contribution in [2.75, 3.05) is 7.11 Å². The zero-order valence-electron chi connectivity index (χ0n) is 8.76. The normalized spacial score (nSPS) is 11.7. The maximum absolute atomic E-state index is 12.5. The number of ether oxygens (including phenoxy) is 1. The number of carboxylic acids is 1. The Morgan fingerprint density at radius 2 is 2.00 bits per heavy atom. The first kappa shape index (κ1) is 14.1. The zero-order valence-corrected chi connectivity index (χ0v) is 8.76. The summed E-state index contributed by atoms with van der Waals surface area (Å²) in [5, 5.41) is 8.63. The second-order valence-corrected chi connectivity index (χ2v) is 3.08. The van der Waals surface area contributed by atoms with Crippen molar-refractivity contribution in [1.29, 1.82) is 0 Å². The molecule has 1 rings (SSSR count). The molecule has 0 atom stereocenters. The Labute approximate surface area is 97.0 Å². The quantitative estimate of drug-likeness (QED) is 0.859. The summed E-state index contributed by atoms with van der Waals surface area (Å²) in [6.45, 7) is 0. The average molecular weight is 271 g/mol. The number of carbonyl (C=O) groups is 1. The fourth-order valence-electron chi connectivity index (χ4n) is 1.21. The standard InChI is InChI=1S/C9H6F5NO3/c1-18-4-2-3(9(12,13)14)5(7(10)11)15-6(4)8(16)17/h2,7H,1H3,(H,16,17). The van der Waals surface area contributed by atoms with E-state index in [2.05, 4.69) is 9.72 Å². The molecule has 0 spiro atoms. The lowest BCUT2D eigenvalue weighted by Crippen LogP contribution is -2.15. The number of halogens is 5. The van der Waals surface area contributed by atoms with Gasteiger partial charge in [0.1, 0.15) is 5.69 Å². The Balaban J connectivity index is 3.57. The van der Waals surface area contributed by atoms with Gasteiger partial charge < -0.3 is 9.84 Å². The van der Waals surface area contributed by atoms with Gasteiger partial charge in [0, 0.05) is 0 Å². The van der Waals surface area contributed by atoms with E-state index >= 15 is 0 Å². The van der Waals surface area contributed by atoms with Crippen molar-refractivity contribution in [3.05, 3.63) is 23.0 Å². The first-order valence-electron chi connectivity index (χ1n) is 4.36. The van der Waals surface area contributed by atoms with Crippen molar-refractivity contribution < 1.29 is 36.6 Å². The Kier molecular flexibility index (Phi) is 3.73. The maximum atomic E-state index is 12.5. The molecule has 9 heteroatoms. The summed E-state index contributed by atoms with van der Waals surface area (Å²) in [5.74, 6) is -2.50. The second-order valence-electron chi connectivity index (χ2n) is 3.08. The van der Waals surface area contributed by atoms with Crippen LogP contribution >= 0.6 is 0 Å².